The molecule has 0 fully saturated rings. The smallest absolute Gasteiger partial charge is 0.315 e. The molecule has 0 radical (unpaired) electrons. The van der Waals surface area contributed by atoms with Crippen molar-refractivity contribution < 1.29 is 14.7 Å². The van der Waals surface area contributed by atoms with E-state index in [0.717, 1.165) is 12.8 Å². The summed E-state index contributed by atoms with van der Waals surface area (Å²) in [5.41, 5.74) is 2.52. The summed E-state index contributed by atoms with van der Waals surface area (Å²) in [4.78, 5) is 24.5. The van der Waals surface area contributed by atoms with Crippen molar-refractivity contribution in [1.29, 1.82) is 0 Å². The summed E-state index contributed by atoms with van der Waals surface area (Å²) in [6, 6.07) is 8.14. The second kappa shape index (κ2) is 5.21. The maximum atomic E-state index is 12.0. The zero-order valence-electron chi connectivity index (χ0n) is 10.4. The summed E-state index contributed by atoms with van der Waals surface area (Å²) in [5, 5.41) is 8.88. The van der Waals surface area contributed by atoms with E-state index in [1.54, 1.807) is 4.90 Å². The van der Waals surface area contributed by atoms with E-state index in [1.165, 1.54) is 18.1 Å². The second-order valence-corrected chi connectivity index (χ2v) is 4.65. The molecule has 1 aromatic rings. The minimum Gasteiger partial charge on any atom is -0.481 e. The molecule has 1 amide bonds. The third-order valence-corrected chi connectivity index (χ3v) is 3.47. The van der Waals surface area contributed by atoms with Crippen LogP contribution in [0, 0.1) is 5.92 Å². The Hall–Kier alpha value is -1.84. The third-order valence-electron chi connectivity index (χ3n) is 3.47. The molecule has 2 rings (SSSR count). The van der Waals surface area contributed by atoms with E-state index in [2.05, 4.69) is 12.1 Å². The molecule has 96 valence electrons. The first-order valence-electron chi connectivity index (χ1n) is 6.18. The Labute approximate surface area is 106 Å². The Balaban J connectivity index is 2.08. The maximum Gasteiger partial charge on any atom is 0.315 e. The summed E-state index contributed by atoms with van der Waals surface area (Å²) in [6.07, 6.45) is 1.60. The average molecular weight is 247 g/mol. The molecule has 0 spiro atoms. The molecule has 1 aliphatic heterocycles. The molecule has 1 aromatic carbocycles. The SMILES string of the molecule is CC(C(=O)O)C(=O)N1CCc2ccccc2CC1. The van der Waals surface area contributed by atoms with Crippen molar-refractivity contribution >= 4 is 11.9 Å². The van der Waals surface area contributed by atoms with Crippen molar-refractivity contribution in [2.24, 2.45) is 5.92 Å². The molecule has 0 aliphatic carbocycles. The second-order valence-electron chi connectivity index (χ2n) is 4.65. The Kier molecular flexibility index (Phi) is 3.65. The molecule has 0 saturated heterocycles. The highest BCUT2D eigenvalue weighted by Crippen LogP contribution is 2.16. The quantitative estimate of drug-likeness (QED) is 0.802. The number of carbonyl (C=O) groups is 2. The van der Waals surface area contributed by atoms with Crippen molar-refractivity contribution in [1.82, 2.24) is 4.90 Å². The lowest BCUT2D eigenvalue weighted by Crippen LogP contribution is -2.39. The summed E-state index contributed by atoms with van der Waals surface area (Å²) >= 11 is 0. The van der Waals surface area contributed by atoms with Gasteiger partial charge in [-0.05, 0) is 30.9 Å². The topological polar surface area (TPSA) is 57.6 Å². The fourth-order valence-electron chi connectivity index (χ4n) is 2.27. The molecule has 18 heavy (non-hydrogen) atoms. The zero-order chi connectivity index (χ0) is 13.1. The van der Waals surface area contributed by atoms with Crippen LogP contribution in [0.5, 0.6) is 0 Å². The first-order valence-corrected chi connectivity index (χ1v) is 6.18. The molecule has 1 heterocycles. The fourth-order valence-corrected chi connectivity index (χ4v) is 2.27. The molecular formula is C14H17NO3. The summed E-state index contributed by atoms with van der Waals surface area (Å²) in [7, 11) is 0. The van der Waals surface area contributed by atoms with Crippen LogP contribution in [-0.2, 0) is 22.4 Å². The minimum absolute atomic E-state index is 0.282. The van der Waals surface area contributed by atoms with Gasteiger partial charge in [-0.1, -0.05) is 24.3 Å². The molecule has 0 saturated carbocycles. The molecule has 1 N–H and O–H groups in total. The van der Waals surface area contributed by atoms with Crippen molar-refractivity contribution in [3.8, 4) is 0 Å². The van der Waals surface area contributed by atoms with Crippen LogP contribution in [0.2, 0.25) is 0 Å². The predicted octanol–water partition coefficient (Wildman–Crippen LogP) is 1.33. The molecule has 1 atom stereocenters. The van der Waals surface area contributed by atoms with Crippen molar-refractivity contribution in [3.05, 3.63) is 35.4 Å². The number of nitrogens with zero attached hydrogens (tertiary/aromatic N) is 1. The molecule has 1 aliphatic rings. The van der Waals surface area contributed by atoms with E-state index in [9.17, 15) is 9.59 Å². The lowest BCUT2D eigenvalue weighted by molar-refractivity contribution is -0.150. The van der Waals surface area contributed by atoms with E-state index in [-0.39, 0.29) is 5.91 Å². The van der Waals surface area contributed by atoms with Gasteiger partial charge in [-0.2, -0.15) is 0 Å². The van der Waals surface area contributed by atoms with Gasteiger partial charge in [0.25, 0.3) is 0 Å². The monoisotopic (exact) mass is 247 g/mol. The molecule has 4 heteroatoms. The van der Waals surface area contributed by atoms with E-state index in [0.29, 0.717) is 13.1 Å². The van der Waals surface area contributed by atoms with E-state index in [1.807, 2.05) is 12.1 Å². The normalized spacial score (nSPS) is 16.6. The van der Waals surface area contributed by atoms with E-state index in [4.69, 9.17) is 5.11 Å². The molecule has 0 bridgehead atoms. The summed E-state index contributed by atoms with van der Waals surface area (Å²) in [6.45, 7) is 2.66. The standard InChI is InChI=1S/C14H17NO3/c1-10(14(17)18)13(16)15-8-6-11-4-2-3-5-12(11)7-9-15/h2-5,10H,6-9H2,1H3,(H,17,18). The highest BCUT2D eigenvalue weighted by atomic mass is 16.4. The number of carboxylic acid groups (broad SMARTS) is 1. The number of hydrogen-bond acceptors (Lipinski definition) is 2. The van der Waals surface area contributed by atoms with Crippen LogP contribution in [0.1, 0.15) is 18.1 Å². The highest BCUT2D eigenvalue weighted by Gasteiger charge is 2.27. The molecule has 4 nitrogen and oxygen atoms in total. The minimum atomic E-state index is -1.05. The number of amides is 1. The first-order chi connectivity index (χ1) is 8.59. The lowest BCUT2D eigenvalue weighted by atomic mass is 10.0. The fraction of sp³-hybridized carbons (Fsp3) is 0.429. The van der Waals surface area contributed by atoms with Gasteiger partial charge < -0.3 is 10.0 Å². The number of fused-ring (bicyclic) bond motifs is 1. The van der Waals surface area contributed by atoms with Gasteiger partial charge in [0, 0.05) is 13.1 Å². The van der Waals surface area contributed by atoms with E-state index < -0.39 is 11.9 Å². The summed E-state index contributed by atoms with van der Waals surface area (Å²) < 4.78 is 0. The van der Waals surface area contributed by atoms with Crippen molar-refractivity contribution in [2.45, 2.75) is 19.8 Å². The van der Waals surface area contributed by atoms with Gasteiger partial charge in [0.1, 0.15) is 5.92 Å². The van der Waals surface area contributed by atoms with Crippen LogP contribution in [0.4, 0.5) is 0 Å². The number of carboxylic acids is 1. The molecule has 0 aromatic heterocycles. The van der Waals surface area contributed by atoms with Crippen LogP contribution in [-0.4, -0.2) is 35.0 Å². The summed E-state index contributed by atoms with van der Waals surface area (Å²) in [5.74, 6) is -2.29. The number of aliphatic carboxylic acids is 1. The Morgan fingerprint density at radius 1 is 1.17 bits per heavy atom. The van der Waals surface area contributed by atoms with Gasteiger partial charge in [0.15, 0.2) is 0 Å². The van der Waals surface area contributed by atoms with E-state index >= 15 is 0 Å². The molecule has 1 unspecified atom stereocenters. The Bertz CT molecular complexity index is 443. The van der Waals surface area contributed by atoms with Gasteiger partial charge >= 0.3 is 5.97 Å². The van der Waals surface area contributed by atoms with Gasteiger partial charge in [0.2, 0.25) is 5.91 Å². The number of hydrogen-bond donors (Lipinski definition) is 1. The Morgan fingerprint density at radius 3 is 2.11 bits per heavy atom. The van der Waals surface area contributed by atoms with Gasteiger partial charge in [-0.25, -0.2) is 0 Å². The maximum absolute atomic E-state index is 12.0. The van der Waals surface area contributed by atoms with Crippen LogP contribution in [0.15, 0.2) is 24.3 Å². The van der Waals surface area contributed by atoms with Crippen molar-refractivity contribution in [3.63, 3.8) is 0 Å². The first kappa shape index (κ1) is 12.6. The lowest BCUT2D eigenvalue weighted by Gasteiger charge is -2.22. The van der Waals surface area contributed by atoms with Crippen LogP contribution < -0.4 is 0 Å². The number of carbonyl (C=O) groups excluding carboxylic acids is 1. The van der Waals surface area contributed by atoms with Crippen LogP contribution in [0.3, 0.4) is 0 Å². The third kappa shape index (κ3) is 2.53. The Morgan fingerprint density at radius 2 is 1.67 bits per heavy atom. The van der Waals surface area contributed by atoms with Gasteiger partial charge in [0.05, 0.1) is 0 Å². The zero-order valence-corrected chi connectivity index (χ0v) is 10.4. The van der Waals surface area contributed by atoms with Gasteiger partial charge in [-0.3, -0.25) is 9.59 Å². The average Bonchev–Trinajstić information content (AvgIpc) is 2.59. The van der Waals surface area contributed by atoms with Crippen molar-refractivity contribution in [2.75, 3.05) is 13.1 Å². The molecular weight excluding hydrogens is 230 g/mol. The number of rotatable bonds is 2. The highest BCUT2D eigenvalue weighted by molar-refractivity contribution is 5.96. The van der Waals surface area contributed by atoms with Crippen LogP contribution >= 0.6 is 0 Å². The largest absolute Gasteiger partial charge is 0.481 e. The van der Waals surface area contributed by atoms with Crippen LogP contribution in [0.25, 0.3) is 0 Å². The predicted molar refractivity (Wildman–Crippen MR) is 67.2 cm³/mol. The van der Waals surface area contributed by atoms with Gasteiger partial charge in [-0.15, -0.1) is 0 Å². The number of benzene rings is 1.